The van der Waals surface area contributed by atoms with E-state index in [1.807, 2.05) is 0 Å². The molecule has 0 unspecified atom stereocenters. The molecule has 23 heavy (non-hydrogen) atoms. The van der Waals surface area contributed by atoms with E-state index in [2.05, 4.69) is 26.0 Å². The van der Waals surface area contributed by atoms with Gasteiger partial charge in [0.2, 0.25) is 5.76 Å². The molecule has 0 N–H and O–H groups in total. The first-order chi connectivity index (χ1) is 11.0. The predicted molar refractivity (Wildman–Crippen MR) is 86.5 cm³/mol. The summed E-state index contributed by atoms with van der Waals surface area (Å²) in [6.07, 6.45) is 0. The Bertz CT molecular complexity index is 711. The molecule has 0 saturated carbocycles. The summed E-state index contributed by atoms with van der Waals surface area (Å²) in [5, 5.41) is 3.75. The van der Waals surface area contributed by atoms with E-state index in [9.17, 15) is 9.18 Å². The molecule has 1 fully saturated rings. The minimum Gasteiger partial charge on any atom is -0.351 e. The fraction of sp³-hybridized carbons (Fsp3) is 0.375. The summed E-state index contributed by atoms with van der Waals surface area (Å²) >= 11 is 3.39. The number of carbonyl (C=O) groups excluding carboxylic acids is 1. The van der Waals surface area contributed by atoms with Gasteiger partial charge in [-0.15, -0.1) is 0 Å². The Morgan fingerprint density at radius 2 is 2.04 bits per heavy atom. The van der Waals surface area contributed by atoms with E-state index < -0.39 is 0 Å². The van der Waals surface area contributed by atoms with Gasteiger partial charge < -0.3 is 9.42 Å². The van der Waals surface area contributed by atoms with Gasteiger partial charge in [0.15, 0.2) is 0 Å². The van der Waals surface area contributed by atoms with Crippen LogP contribution in [0.1, 0.15) is 21.8 Å². The van der Waals surface area contributed by atoms with Crippen LogP contribution in [0.4, 0.5) is 4.39 Å². The van der Waals surface area contributed by atoms with Crippen LogP contribution < -0.4 is 0 Å². The second-order valence-electron chi connectivity index (χ2n) is 5.64. The average Bonchev–Trinajstić information content (AvgIpc) is 2.97. The molecule has 2 aromatic rings. The van der Waals surface area contributed by atoms with Gasteiger partial charge in [-0.2, -0.15) is 0 Å². The van der Waals surface area contributed by atoms with Gasteiger partial charge in [0.25, 0.3) is 5.91 Å². The van der Waals surface area contributed by atoms with E-state index in [1.165, 1.54) is 12.1 Å². The molecule has 1 saturated heterocycles. The Kier molecular flexibility index (Phi) is 4.77. The Balaban J connectivity index is 1.57. The van der Waals surface area contributed by atoms with Gasteiger partial charge in [0.1, 0.15) is 5.82 Å². The molecule has 1 amide bonds. The van der Waals surface area contributed by atoms with E-state index in [4.69, 9.17) is 4.52 Å². The van der Waals surface area contributed by atoms with Gasteiger partial charge in [-0.1, -0.05) is 27.2 Å². The van der Waals surface area contributed by atoms with Crippen molar-refractivity contribution in [2.45, 2.75) is 13.5 Å². The van der Waals surface area contributed by atoms with Crippen LogP contribution in [0.3, 0.4) is 0 Å². The molecule has 0 bridgehead atoms. The van der Waals surface area contributed by atoms with Crippen molar-refractivity contribution in [3.05, 3.63) is 51.6 Å². The Labute approximate surface area is 142 Å². The van der Waals surface area contributed by atoms with Gasteiger partial charge >= 0.3 is 0 Å². The predicted octanol–water partition coefficient (Wildman–Crippen LogP) is 2.84. The number of rotatable bonds is 3. The highest BCUT2D eigenvalue weighted by atomic mass is 79.9. The third-order valence-corrected chi connectivity index (χ3v) is 4.65. The highest BCUT2D eigenvalue weighted by molar-refractivity contribution is 9.10. The number of benzene rings is 1. The van der Waals surface area contributed by atoms with E-state index in [1.54, 1.807) is 24.0 Å². The summed E-state index contributed by atoms with van der Waals surface area (Å²) in [7, 11) is 0. The van der Waals surface area contributed by atoms with Gasteiger partial charge in [-0.3, -0.25) is 9.69 Å². The fourth-order valence-electron chi connectivity index (χ4n) is 2.62. The van der Waals surface area contributed by atoms with Crippen LogP contribution in [0.15, 0.2) is 33.3 Å². The van der Waals surface area contributed by atoms with Crippen molar-refractivity contribution in [2.75, 3.05) is 26.2 Å². The zero-order valence-electron chi connectivity index (χ0n) is 12.8. The Morgan fingerprint density at radius 3 is 2.65 bits per heavy atom. The number of halogens is 2. The van der Waals surface area contributed by atoms with Crippen molar-refractivity contribution >= 4 is 21.8 Å². The molecule has 5 nitrogen and oxygen atoms in total. The highest BCUT2D eigenvalue weighted by Crippen LogP contribution is 2.20. The SMILES string of the molecule is Cc1cc(C(=O)N2CCN(Cc3ccc(F)cc3Br)CC2)on1. The lowest BCUT2D eigenvalue weighted by atomic mass is 10.2. The summed E-state index contributed by atoms with van der Waals surface area (Å²) in [5.74, 6) is -0.0798. The molecule has 1 aliphatic rings. The first-order valence-electron chi connectivity index (χ1n) is 7.42. The zero-order valence-corrected chi connectivity index (χ0v) is 14.3. The molecule has 0 atom stereocenters. The van der Waals surface area contributed by atoms with Crippen molar-refractivity contribution in [1.82, 2.24) is 15.0 Å². The normalized spacial score (nSPS) is 15.9. The molecule has 0 radical (unpaired) electrons. The molecule has 1 aromatic heterocycles. The Hall–Kier alpha value is -1.73. The zero-order chi connectivity index (χ0) is 16.4. The van der Waals surface area contributed by atoms with Crippen LogP contribution in [0.25, 0.3) is 0 Å². The number of amides is 1. The quantitative estimate of drug-likeness (QED) is 0.819. The van der Waals surface area contributed by atoms with Crippen LogP contribution in [0.2, 0.25) is 0 Å². The van der Waals surface area contributed by atoms with Crippen LogP contribution in [0, 0.1) is 12.7 Å². The van der Waals surface area contributed by atoms with Crippen molar-refractivity contribution in [1.29, 1.82) is 0 Å². The van der Waals surface area contributed by atoms with E-state index in [0.29, 0.717) is 18.8 Å². The number of aryl methyl sites for hydroxylation is 1. The van der Waals surface area contributed by atoms with Crippen LogP contribution in [-0.2, 0) is 6.54 Å². The van der Waals surface area contributed by atoms with Crippen molar-refractivity contribution < 1.29 is 13.7 Å². The second-order valence-corrected chi connectivity index (χ2v) is 6.49. The smallest absolute Gasteiger partial charge is 0.292 e. The molecule has 1 aliphatic heterocycles. The molecule has 7 heteroatoms. The minimum absolute atomic E-state index is 0.117. The van der Waals surface area contributed by atoms with Crippen LogP contribution in [0.5, 0.6) is 0 Å². The van der Waals surface area contributed by atoms with Gasteiger partial charge in [-0.05, 0) is 24.6 Å². The van der Waals surface area contributed by atoms with Crippen molar-refractivity contribution in [3.63, 3.8) is 0 Å². The third-order valence-electron chi connectivity index (χ3n) is 3.91. The van der Waals surface area contributed by atoms with E-state index in [0.717, 1.165) is 29.7 Å². The maximum Gasteiger partial charge on any atom is 0.292 e. The van der Waals surface area contributed by atoms with Gasteiger partial charge in [-0.25, -0.2) is 4.39 Å². The van der Waals surface area contributed by atoms with Crippen LogP contribution in [-0.4, -0.2) is 47.0 Å². The molecule has 0 aliphatic carbocycles. The fourth-order valence-corrected chi connectivity index (χ4v) is 3.10. The molecule has 2 heterocycles. The summed E-state index contributed by atoms with van der Waals surface area (Å²) in [5.41, 5.74) is 1.74. The van der Waals surface area contributed by atoms with E-state index >= 15 is 0 Å². The number of hydrogen-bond donors (Lipinski definition) is 0. The molecular formula is C16H17BrFN3O2. The number of nitrogens with zero attached hydrogens (tertiary/aromatic N) is 3. The third kappa shape index (κ3) is 3.79. The van der Waals surface area contributed by atoms with Crippen LogP contribution >= 0.6 is 15.9 Å². The standard InChI is InChI=1S/C16H17BrFN3O2/c1-11-8-15(23-19-11)16(22)21-6-4-20(5-7-21)10-12-2-3-13(18)9-14(12)17/h2-3,8-9H,4-7,10H2,1H3. The number of piperazine rings is 1. The van der Waals surface area contributed by atoms with Crippen molar-refractivity contribution in [3.8, 4) is 0 Å². The number of carbonyl (C=O) groups is 1. The monoisotopic (exact) mass is 381 g/mol. The number of hydrogen-bond acceptors (Lipinski definition) is 4. The number of aromatic nitrogens is 1. The maximum atomic E-state index is 13.1. The summed E-state index contributed by atoms with van der Waals surface area (Å²) in [4.78, 5) is 16.3. The Morgan fingerprint density at radius 1 is 1.30 bits per heavy atom. The first kappa shape index (κ1) is 16.1. The highest BCUT2D eigenvalue weighted by Gasteiger charge is 2.24. The molecular weight excluding hydrogens is 365 g/mol. The summed E-state index contributed by atoms with van der Waals surface area (Å²) in [6, 6.07) is 6.38. The maximum absolute atomic E-state index is 13.1. The molecule has 3 rings (SSSR count). The van der Waals surface area contributed by atoms with Crippen molar-refractivity contribution in [2.24, 2.45) is 0 Å². The lowest BCUT2D eigenvalue weighted by Crippen LogP contribution is -2.48. The minimum atomic E-state index is -0.251. The first-order valence-corrected chi connectivity index (χ1v) is 8.21. The van der Waals surface area contributed by atoms with E-state index in [-0.39, 0.29) is 17.5 Å². The topological polar surface area (TPSA) is 49.6 Å². The molecule has 122 valence electrons. The lowest BCUT2D eigenvalue weighted by molar-refractivity contribution is 0.0588. The summed E-state index contributed by atoms with van der Waals surface area (Å²) < 4.78 is 18.9. The average molecular weight is 382 g/mol. The largest absolute Gasteiger partial charge is 0.351 e. The lowest BCUT2D eigenvalue weighted by Gasteiger charge is -2.34. The molecule has 0 spiro atoms. The van der Waals surface area contributed by atoms with Gasteiger partial charge in [0.05, 0.1) is 5.69 Å². The molecule has 1 aromatic carbocycles. The second kappa shape index (κ2) is 6.80. The summed E-state index contributed by atoms with van der Waals surface area (Å²) in [6.45, 7) is 5.32. The van der Waals surface area contributed by atoms with Gasteiger partial charge in [0, 0.05) is 43.3 Å².